The molecule has 0 fully saturated rings. The molecule has 0 aliphatic carbocycles. The van der Waals surface area contributed by atoms with Crippen molar-refractivity contribution in [1.82, 2.24) is 9.36 Å². The highest BCUT2D eigenvalue weighted by Gasteiger charge is 2.18. The third kappa shape index (κ3) is 2.98. The summed E-state index contributed by atoms with van der Waals surface area (Å²) in [6, 6.07) is 13.2. The Morgan fingerprint density at radius 2 is 1.91 bits per heavy atom. The van der Waals surface area contributed by atoms with E-state index in [4.69, 9.17) is 0 Å². The summed E-state index contributed by atoms with van der Waals surface area (Å²) in [5, 5.41) is 4.69. The predicted octanol–water partition coefficient (Wildman–Crippen LogP) is 2.73. The standard InChI is InChI=1S/C17H17N3O2S/c1-12-16(18-15(21)11-14-9-6-10-23-14)17(22)20(19(12)2)13-7-4-3-5-8-13/h3-10H,11H2,1-2H3,(H,18,21). The fourth-order valence-electron chi connectivity index (χ4n) is 2.47. The van der Waals surface area contributed by atoms with Crippen LogP contribution in [0.1, 0.15) is 10.6 Å². The second-order valence-corrected chi connectivity index (χ2v) is 6.27. The molecule has 0 unspecified atom stereocenters. The molecular weight excluding hydrogens is 310 g/mol. The zero-order chi connectivity index (χ0) is 16.4. The second-order valence-electron chi connectivity index (χ2n) is 5.24. The molecule has 1 aromatic carbocycles. The molecule has 1 N–H and O–H groups in total. The molecule has 23 heavy (non-hydrogen) atoms. The Morgan fingerprint density at radius 1 is 1.17 bits per heavy atom. The van der Waals surface area contributed by atoms with E-state index in [-0.39, 0.29) is 17.9 Å². The quantitative estimate of drug-likeness (QED) is 0.801. The number of amides is 1. The van der Waals surface area contributed by atoms with E-state index < -0.39 is 0 Å². The lowest BCUT2D eigenvalue weighted by Gasteiger charge is -2.07. The highest BCUT2D eigenvalue weighted by atomic mass is 32.1. The van der Waals surface area contributed by atoms with Crippen LogP contribution in [0.2, 0.25) is 0 Å². The molecule has 0 aliphatic heterocycles. The summed E-state index contributed by atoms with van der Waals surface area (Å²) < 4.78 is 3.30. The summed E-state index contributed by atoms with van der Waals surface area (Å²) in [6.07, 6.45) is 0.275. The van der Waals surface area contributed by atoms with Crippen molar-refractivity contribution in [1.29, 1.82) is 0 Å². The molecule has 0 atom stereocenters. The van der Waals surface area contributed by atoms with E-state index in [2.05, 4.69) is 5.32 Å². The van der Waals surface area contributed by atoms with Crippen LogP contribution in [0.4, 0.5) is 5.69 Å². The molecule has 0 saturated carbocycles. The Kier molecular flexibility index (Phi) is 4.16. The van der Waals surface area contributed by atoms with E-state index in [1.165, 1.54) is 11.3 Å². The molecule has 0 saturated heterocycles. The molecule has 118 valence electrons. The van der Waals surface area contributed by atoms with Gasteiger partial charge in [0.2, 0.25) is 5.91 Å². The predicted molar refractivity (Wildman–Crippen MR) is 92.4 cm³/mol. The van der Waals surface area contributed by atoms with E-state index in [0.717, 1.165) is 16.3 Å². The molecule has 5 nitrogen and oxygen atoms in total. The van der Waals surface area contributed by atoms with Gasteiger partial charge in [-0.1, -0.05) is 24.3 Å². The van der Waals surface area contributed by atoms with Crippen LogP contribution in [0.3, 0.4) is 0 Å². The average molecular weight is 327 g/mol. The minimum absolute atomic E-state index is 0.182. The first kappa shape index (κ1) is 15.3. The van der Waals surface area contributed by atoms with E-state index in [1.54, 1.807) is 16.4 Å². The van der Waals surface area contributed by atoms with Crippen LogP contribution in [-0.2, 0) is 18.3 Å². The van der Waals surface area contributed by atoms with E-state index >= 15 is 0 Å². The normalized spacial score (nSPS) is 10.7. The summed E-state index contributed by atoms with van der Waals surface area (Å²) in [5.74, 6) is -0.182. The monoisotopic (exact) mass is 327 g/mol. The molecular formula is C17H17N3O2S. The molecule has 0 radical (unpaired) electrons. The Labute approximate surface area is 137 Å². The largest absolute Gasteiger partial charge is 0.320 e. The molecule has 2 heterocycles. The second kappa shape index (κ2) is 6.26. The first-order chi connectivity index (χ1) is 11.1. The number of thiophene rings is 1. The molecule has 0 spiro atoms. The van der Waals surface area contributed by atoms with Crippen LogP contribution in [0, 0.1) is 6.92 Å². The number of rotatable bonds is 4. The van der Waals surface area contributed by atoms with Crippen LogP contribution in [0.15, 0.2) is 52.6 Å². The van der Waals surface area contributed by atoms with Gasteiger partial charge >= 0.3 is 0 Å². The number of nitrogens with one attached hydrogen (secondary N) is 1. The highest BCUT2D eigenvalue weighted by molar-refractivity contribution is 7.10. The number of anilines is 1. The Bertz CT molecular complexity index is 877. The van der Waals surface area contributed by atoms with Crippen molar-refractivity contribution in [3.8, 4) is 5.69 Å². The molecule has 3 aromatic rings. The summed E-state index contributed by atoms with van der Waals surface area (Å²) in [5.41, 5.74) is 1.59. The van der Waals surface area contributed by atoms with Crippen molar-refractivity contribution >= 4 is 22.9 Å². The van der Waals surface area contributed by atoms with E-state index in [0.29, 0.717) is 5.69 Å². The van der Waals surface area contributed by atoms with Gasteiger partial charge in [-0.15, -0.1) is 11.3 Å². The Morgan fingerprint density at radius 3 is 2.57 bits per heavy atom. The Hall–Kier alpha value is -2.60. The molecule has 0 aliphatic rings. The van der Waals surface area contributed by atoms with Gasteiger partial charge in [-0.2, -0.15) is 0 Å². The van der Waals surface area contributed by atoms with Crippen molar-refractivity contribution in [2.24, 2.45) is 7.05 Å². The van der Waals surface area contributed by atoms with Crippen molar-refractivity contribution in [3.05, 3.63) is 68.8 Å². The molecule has 0 bridgehead atoms. The summed E-state index contributed by atoms with van der Waals surface area (Å²) in [7, 11) is 1.80. The van der Waals surface area contributed by atoms with Gasteiger partial charge in [-0.3, -0.25) is 14.3 Å². The number of aromatic nitrogens is 2. The highest BCUT2D eigenvalue weighted by Crippen LogP contribution is 2.15. The summed E-state index contributed by atoms with van der Waals surface area (Å²) in [6.45, 7) is 1.82. The first-order valence-electron chi connectivity index (χ1n) is 7.24. The fourth-order valence-corrected chi connectivity index (χ4v) is 3.17. The van der Waals surface area contributed by atoms with E-state index in [1.807, 2.05) is 54.8 Å². The third-order valence-corrected chi connectivity index (χ3v) is 4.61. The van der Waals surface area contributed by atoms with E-state index in [9.17, 15) is 9.59 Å². The van der Waals surface area contributed by atoms with Crippen LogP contribution in [-0.4, -0.2) is 15.3 Å². The smallest absolute Gasteiger partial charge is 0.295 e. The molecule has 3 rings (SSSR count). The van der Waals surface area contributed by atoms with Crippen molar-refractivity contribution in [2.75, 3.05) is 5.32 Å². The Balaban J connectivity index is 1.92. The maximum Gasteiger partial charge on any atom is 0.295 e. The number of benzene rings is 1. The van der Waals surface area contributed by atoms with Gasteiger partial charge < -0.3 is 5.32 Å². The number of carbonyl (C=O) groups excluding carboxylic acids is 1. The van der Waals surface area contributed by atoms with Crippen molar-refractivity contribution in [3.63, 3.8) is 0 Å². The van der Waals surface area contributed by atoms with Gasteiger partial charge in [0.1, 0.15) is 5.69 Å². The van der Waals surface area contributed by atoms with Crippen LogP contribution in [0.5, 0.6) is 0 Å². The topological polar surface area (TPSA) is 56.0 Å². The molecule has 2 aromatic heterocycles. The van der Waals surface area contributed by atoms with Gasteiger partial charge in [0.15, 0.2) is 0 Å². The number of hydrogen-bond acceptors (Lipinski definition) is 3. The number of carbonyl (C=O) groups is 1. The van der Waals surface area contributed by atoms with Gasteiger partial charge in [0.05, 0.1) is 17.8 Å². The van der Waals surface area contributed by atoms with Gasteiger partial charge in [-0.05, 0) is 30.5 Å². The zero-order valence-electron chi connectivity index (χ0n) is 12.9. The number of nitrogens with zero attached hydrogens (tertiary/aromatic N) is 2. The summed E-state index contributed by atoms with van der Waals surface area (Å²) in [4.78, 5) is 25.8. The van der Waals surface area contributed by atoms with Crippen molar-refractivity contribution < 1.29 is 4.79 Å². The maximum absolute atomic E-state index is 12.7. The fraction of sp³-hybridized carbons (Fsp3) is 0.176. The van der Waals surface area contributed by atoms with Gasteiger partial charge in [-0.25, -0.2) is 4.68 Å². The minimum Gasteiger partial charge on any atom is -0.320 e. The minimum atomic E-state index is -0.226. The van der Waals surface area contributed by atoms with Crippen LogP contribution < -0.4 is 10.9 Å². The molecule has 1 amide bonds. The van der Waals surface area contributed by atoms with Crippen LogP contribution in [0.25, 0.3) is 5.69 Å². The number of hydrogen-bond donors (Lipinski definition) is 1. The third-order valence-electron chi connectivity index (χ3n) is 3.73. The van der Waals surface area contributed by atoms with Gasteiger partial charge in [0, 0.05) is 11.9 Å². The summed E-state index contributed by atoms with van der Waals surface area (Å²) >= 11 is 1.53. The SMILES string of the molecule is Cc1c(NC(=O)Cc2cccs2)c(=O)n(-c2ccccc2)n1C. The number of para-hydroxylation sites is 1. The lowest BCUT2D eigenvalue weighted by atomic mass is 10.3. The first-order valence-corrected chi connectivity index (χ1v) is 8.12. The van der Waals surface area contributed by atoms with Crippen LogP contribution >= 0.6 is 11.3 Å². The van der Waals surface area contributed by atoms with Crippen molar-refractivity contribution in [2.45, 2.75) is 13.3 Å². The molecule has 6 heteroatoms. The maximum atomic E-state index is 12.7. The van der Waals surface area contributed by atoms with Gasteiger partial charge in [0.25, 0.3) is 5.56 Å². The average Bonchev–Trinajstić information content (AvgIpc) is 3.12. The lowest BCUT2D eigenvalue weighted by Crippen LogP contribution is -2.23. The zero-order valence-corrected chi connectivity index (χ0v) is 13.8. The lowest BCUT2D eigenvalue weighted by molar-refractivity contribution is -0.115.